The Bertz CT molecular complexity index is 642. The smallest absolute Gasteiger partial charge is 0.409 e. The largest absolute Gasteiger partial charge is 0.475 e. The Morgan fingerprint density at radius 2 is 2.15 bits per heavy atom. The molecule has 0 aliphatic carbocycles. The summed E-state index contributed by atoms with van der Waals surface area (Å²) < 4.78 is 10.4. The number of aliphatic imine (C=N–C) groups is 1. The summed E-state index contributed by atoms with van der Waals surface area (Å²) in [5.74, 6) is 0.655. The van der Waals surface area contributed by atoms with Crippen molar-refractivity contribution in [3.8, 4) is 5.88 Å². The Morgan fingerprint density at radius 1 is 1.44 bits per heavy atom. The highest BCUT2D eigenvalue weighted by Gasteiger charge is 2.23. The minimum absolute atomic E-state index is 0. The van der Waals surface area contributed by atoms with Crippen molar-refractivity contribution >= 4 is 59.2 Å². The standard InChI is InChI=1S/C16H23Cl2N5O3.HI/c1-2-25-16(24)23-6-3-12(4-7-23)22-15(19)20-5-8-26-14-13(18)9-11(17)10-21-14;/h9-10,12H,2-8H2,1H3,(H3,19,20,22);1H. The number of guanidine groups is 1. The van der Waals surface area contributed by atoms with Crippen LogP contribution in [-0.4, -0.2) is 60.8 Å². The lowest BCUT2D eigenvalue weighted by Crippen LogP contribution is -2.48. The highest BCUT2D eigenvalue weighted by Crippen LogP contribution is 2.24. The fourth-order valence-corrected chi connectivity index (χ4v) is 2.93. The molecule has 1 aliphatic rings. The molecular weight excluding hydrogens is 508 g/mol. The van der Waals surface area contributed by atoms with E-state index in [1.165, 1.54) is 6.20 Å². The van der Waals surface area contributed by atoms with E-state index in [4.69, 9.17) is 38.4 Å². The lowest BCUT2D eigenvalue weighted by Gasteiger charge is -2.31. The zero-order valence-corrected chi connectivity index (χ0v) is 18.8. The molecule has 3 N–H and O–H groups in total. The van der Waals surface area contributed by atoms with Crippen LogP contribution in [0.3, 0.4) is 0 Å². The Kier molecular flexibility index (Phi) is 10.9. The van der Waals surface area contributed by atoms with Crippen molar-refractivity contribution < 1.29 is 14.3 Å². The number of carbonyl (C=O) groups is 1. The van der Waals surface area contributed by atoms with E-state index in [1.807, 2.05) is 0 Å². The molecule has 0 unspecified atom stereocenters. The number of nitrogens with two attached hydrogens (primary N) is 1. The van der Waals surface area contributed by atoms with Gasteiger partial charge < -0.3 is 25.4 Å². The van der Waals surface area contributed by atoms with Gasteiger partial charge in [0.1, 0.15) is 11.6 Å². The van der Waals surface area contributed by atoms with Gasteiger partial charge in [0.2, 0.25) is 5.88 Å². The van der Waals surface area contributed by atoms with Crippen molar-refractivity contribution in [1.29, 1.82) is 0 Å². The number of hydrogen-bond acceptors (Lipinski definition) is 5. The van der Waals surface area contributed by atoms with E-state index in [9.17, 15) is 4.79 Å². The molecule has 0 atom stereocenters. The first-order valence-corrected chi connectivity index (χ1v) is 9.17. The molecule has 11 heteroatoms. The molecule has 2 rings (SSSR count). The molecule has 0 radical (unpaired) electrons. The third-order valence-electron chi connectivity index (χ3n) is 3.76. The number of ether oxygens (including phenoxy) is 2. The van der Waals surface area contributed by atoms with Crippen LogP contribution in [0, 0.1) is 0 Å². The van der Waals surface area contributed by atoms with Crippen molar-refractivity contribution in [1.82, 2.24) is 15.2 Å². The quantitative estimate of drug-likeness (QED) is 0.253. The highest BCUT2D eigenvalue weighted by molar-refractivity contribution is 14.0. The SMILES string of the molecule is CCOC(=O)N1CCC(NC(N)=NCCOc2ncc(Cl)cc2Cl)CC1.I. The summed E-state index contributed by atoms with van der Waals surface area (Å²) in [6, 6.07) is 1.74. The number of pyridine rings is 1. The molecular formula is C16H24Cl2IN5O3. The van der Waals surface area contributed by atoms with Gasteiger partial charge in [-0.15, -0.1) is 24.0 Å². The van der Waals surface area contributed by atoms with E-state index in [1.54, 1.807) is 17.9 Å². The summed E-state index contributed by atoms with van der Waals surface area (Å²) >= 11 is 11.7. The topological polar surface area (TPSA) is 102 Å². The molecule has 2 heterocycles. The minimum Gasteiger partial charge on any atom is -0.475 e. The average molecular weight is 532 g/mol. The van der Waals surface area contributed by atoms with Gasteiger partial charge in [0.15, 0.2) is 5.96 Å². The summed E-state index contributed by atoms with van der Waals surface area (Å²) in [6.07, 6.45) is 2.77. The highest BCUT2D eigenvalue weighted by atomic mass is 127. The van der Waals surface area contributed by atoms with Gasteiger partial charge in [-0.25, -0.2) is 14.8 Å². The fourth-order valence-electron chi connectivity index (χ4n) is 2.49. The van der Waals surface area contributed by atoms with Gasteiger partial charge in [0, 0.05) is 25.3 Å². The average Bonchev–Trinajstić information content (AvgIpc) is 2.61. The summed E-state index contributed by atoms with van der Waals surface area (Å²) in [7, 11) is 0. The van der Waals surface area contributed by atoms with Gasteiger partial charge in [0.05, 0.1) is 18.2 Å². The number of amides is 1. The first-order chi connectivity index (χ1) is 12.5. The Labute approximate surface area is 185 Å². The molecule has 1 saturated heterocycles. The predicted molar refractivity (Wildman–Crippen MR) is 116 cm³/mol. The maximum absolute atomic E-state index is 11.7. The van der Waals surface area contributed by atoms with Gasteiger partial charge in [0.25, 0.3) is 0 Å². The van der Waals surface area contributed by atoms with Gasteiger partial charge in [-0.3, -0.25) is 0 Å². The summed E-state index contributed by atoms with van der Waals surface area (Å²) in [5, 5.41) is 3.96. The molecule has 0 spiro atoms. The van der Waals surface area contributed by atoms with Crippen LogP contribution < -0.4 is 15.8 Å². The van der Waals surface area contributed by atoms with E-state index in [0.717, 1.165) is 12.8 Å². The normalized spacial score (nSPS) is 15.1. The number of aromatic nitrogens is 1. The lowest BCUT2D eigenvalue weighted by molar-refractivity contribution is 0.0963. The van der Waals surface area contributed by atoms with Crippen LogP contribution in [-0.2, 0) is 4.74 Å². The molecule has 8 nitrogen and oxygen atoms in total. The maximum atomic E-state index is 11.7. The van der Waals surface area contributed by atoms with Crippen LogP contribution >= 0.6 is 47.2 Å². The molecule has 27 heavy (non-hydrogen) atoms. The summed E-state index contributed by atoms with van der Waals surface area (Å²) in [4.78, 5) is 21.6. The molecule has 1 aliphatic heterocycles. The summed E-state index contributed by atoms with van der Waals surface area (Å²) in [6.45, 7) is 4.10. The zero-order valence-electron chi connectivity index (χ0n) is 15.0. The molecule has 0 aromatic carbocycles. The van der Waals surface area contributed by atoms with E-state index in [-0.39, 0.29) is 42.7 Å². The number of hydrogen-bond donors (Lipinski definition) is 2. The van der Waals surface area contributed by atoms with Crippen molar-refractivity contribution in [2.24, 2.45) is 10.7 Å². The van der Waals surface area contributed by atoms with Crippen LogP contribution in [0.1, 0.15) is 19.8 Å². The number of piperidine rings is 1. The van der Waals surface area contributed by atoms with Crippen LogP contribution in [0.4, 0.5) is 4.79 Å². The molecule has 1 aromatic rings. The van der Waals surface area contributed by atoms with Gasteiger partial charge in [-0.2, -0.15) is 0 Å². The van der Waals surface area contributed by atoms with E-state index < -0.39 is 0 Å². The number of nitrogens with zero attached hydrogens (tertiary/aromatic N) is 3. The van der Waals surface area contributed by atoms with E-state index in [2.05, 4.69) is 15.3 Å². The van der Waals surface area contributed by atoms with Crippen LogP contribution in [0.2, 0.25) is 10.0 Å². The predicted octanol–water partition coefficient (Wildman–Crippen LogP) is 2.91. The van der Waals surface area contributed by atoms with Gasteiger partial charge >= 0.3 is 6.09 Å². The molecule has 1 amide bonds. The first-order valence-electron chi connectivity index (χ1n) is 8.41. The zero-order chi connectivity index (χ0) is 18.9. The Morgan fingerprint density at radius 3 is 2.78 bits per heavy atom. The fraction of sp³-hybridized carbons (Fsp3) is 0.562. The summed E-state index contributed by atoms with van der Waals surface area (Å²) in [5.41, 5.74) is 5.89. The van der Waals surface area contributed by atoms with Crippen LogP contribution in [0.15, 0.2) is 17.3 Å². The van der Waals surface area contributed by atoms with Crippen molar-refractivity contribution in [2.45, 2.75) is 25.8 Å². The van der Waals surface area contributed by atoms with Crippen LogP contribution in [0.5, 0.6) is 5.88 Å². The third kappa shape index (κ3) is 8.14. The second-order valence-electron chi connectivity index (χ2n) is 5.66. The van der Waals surface area contributed by atoms with Gasteiger partial charge in [-0.05, 0) is 25.8 Å². The minimum atomic E-state index is -0.265. The van der Waals surface area contributed by atoms with Crippen molar-refractivity contribution in [3.05, 3.63) is 22.3 Å². The molecule has 0 bridgehead atoms. The van der Waals surface area contributed by atoms with E-state index in [0.29, 0.717) is 48.1 Å². The first kappa shape index (κ1) is 23.8. The van der Waals surface area contributed by atoms with E-state index >= 15 is 0 Å². The number of rotatable bonds is 6. The number of halogens is 3. The Hall–Kier alpha value is -1.20. The molecule has 1 aromatic heterocycles. The van der Waals surface area contributed by atoms with Crippen LogP contribution in [0.25, 0.3) is 0 Å². The monoisotopic (exact) mass is 531 g/mol. The lowest BCUT2D eigenvalue weighted by atomic mass is 10.1. The number of likely N-dealkylation sites (tertiary alicyclic amines) is 1. The van der Waals surface area contributed by atoms with Crippen molar-refractivity contribution in [2.75, 3.05) is 32.8 Å². The van der Waals surface area contributed by atoms with Gasteiger partial charge in [-0.1, -0.05) is 23.2 Å². The molecule has 152 valence electrons. The third-order valence-corrected chi connectivity index (χ3v) is 4.24. The molecule has 1 fully saturated rings. The maximum Gasteiger partial charge on any atom is 0.409 e. The second-order valence-corrected chi connectivity index (χ2v) is 6.50. The number of carbonyl (C=O) groups excluding carboxylic acids is 1. The Balaban J connectivity index is 0.00000364. The molecule has 0 saturated carbocycles. The van der Waals surface area contributed by atoms with Crippen molar-refractivity contribution in [3.63, 3.8) is 0 Å². The second kappa shape index (κ2) is 12.3. The number of nitrogens with one attached hydrogen (secondary N) is 1.